The van der Waals surface area contributed by atoms with Gasteiger partial charge in [-0.1, -0.05) is 18.2 Å². The van der Waals surface area contributed by atoms with Crippen molar-refractivity contribution in [1.82, 2.24) is 15.2 Å². The third-order valence-electron chi connectivity index (χ3n) is 5.10. The molecule has 1 N–H and O–H groups in total. The highest BCUT2D eigenvalue weighted by Crippen LogP contribution is 2.25. The summed E-state index contributed by atoms with van der Waals surface area (Å²) in [5.41, 5.74) is 3.09. The molecule has 1 aromatic heterocycles. The molecule has 1 aromatic carbocycles. The summed E-state index contributed by atoms with van der Waals surface area (Å²) in [6, 6.07) is 11.7. The number of nitrogens with zero attached hydrogens (tertiary/aromatic N) is 2. The summed E-state index contributed by atoms with van der Waals surface area (Å²) >= 11 is 0. The number of amides is 2. The van der Waals surface area contributed by atoms with E-state index >= 15 is 0 Å². The molecule has 2 aromatic rings. The molecule has 0 bridgehead atoms. The van der Waals surface area contributed by atoms with Crippen LogP contribution in [0.3, 0.4) is 0 Å². The van der Waals surface area contributed by atoms with E-state index in [-0.39, 0.29) is 24.2 Å². The quantitative estimate of drug-likeness (QED) is 0.881. The van der Waals surface area contributed by atoms with Gasteiger partial charge in [-0.15, -0.1) is 0 Å². The molecule has 2 aliphatic heterocycles. The Morgan fingerprint density at radius 1 is 1.30 bits per heavy atom. The molecule has 2 amide bonds. The standard InChI is InChI=1S/C21H23N3O3/c25-20-11-17(13-24(20)14-18-5-1-2-8-22-18)21(26)23-12-15-6-7-19-16(10-15)4-3-9-27-19/h1-2,5-8,10,17H,3-4,9,11-14H2,(H,23,26)/t17-/m1/s1. The van der Waals surface area contributed by atoms with Crippen molar-refractivity contribution in [2.24, 2.45) is 5.92 Å². The molecule has 0 spiro atoms. The molecule has 3 heterocycles. The van der Waals surface area contributed by atoms with Gasteiger partial charge in [0.2, 0.25) is 11.8 Å². The number of fused-ring (bicyclic) bond motifs is 1. The smallest absolute Gasteiger partial charge is 0.225 e. The van der Waals surface area contributed by atoms with Gasteiger partial charge in [-0.05, 0) is 42.2 Å². The lowest BCUT2D eigenvalue weighted by Gasteiger charge is -2.18. The minimum atomic E-state index is -0.304. The number of hydrogen-bond acceptors (Lipinski definition) is 4. The zero-order chi connectivity index (χ0) is 18.6. The van der Waals surface area contributed by atoms with Gasteiger partial charge in [-0.25, -0.2) is 0 Å². The van der Waals surface area contributed by atoms with Gasteiger partial charge in [0.15, 0.2) is 0 Å². The van der Waals surface area contributed by atoms with Gasteiger partial charge in [0.05, 0.1) is 24.8 Å². The van der Waals surface area contributed by atoms with Crippen molar-refractivity contribution >= 4 is 11.8 Å². The highest BCUT2D eigenvalue weighted by Gasteiger charge is 2.34. The number of carbonyl (C=O) groups excluding carboxylic acids is 2. The molecule has 0 saturated carbocycles. The minimum Gasteiger partial charge on any atom is -0.493 e. The molecule has 140 valence electrons. The summed E-state index contributed by atoms with van der Waals surface area (Å²) in [7, 11) is 0. The van der Waals surface area contributed by atoms with E-state index in [1.807, 2.05) is 30.3 Å². The molecule has 1 saturated heterocycles. The highest BCUT2D eigenvalue weighted by atomic mass is 16.5. The second-order valence-electron chi connectivity index (χ2n) is 7.11. The second kappa shape index (κ2) is 7.78. The Bertz CT molecular complexity index is 838. The summed E-state index contributed by atoms with van der Waals surface area (Å²) in [6.45, 7) is 2.14. The Balaban J connectivity index is 1.32. The van der Waals surface area contributed by atoms with Crippen molar-refractivity contribution in [3.8, 4) is 5.75 Å². The van der Waals surface area contributed by atoms with Crippen LogP contribution in [0.15, 0.2) is 42.6 Å². The zero-order valence-corrected chi connectivity index (χ0v) is 15.2. The predicted molar refractivity (Wildman–Crippen MR) is 99.9 cm³/mol. The summed E-state index contributed by atoms with van der Waals surface area (Å²) in [5, 5.41) is 2.98. The van der Waals surface area contributed by atoms with Gasteiger partial charge >= 0.3 is 0 Å². The number of ether oxygens (including phenoxy) is 1. The van der Waals surface area contributed by atoms with E-state index in [2.05, 4.69) is 16.4 Å². The van der Waals surface area contributed by atoms with E-state index in [1.165, 1.54) is 5.56 Å². The summed E-state index contributed by atoms with van der Waals surface area (Å²) < 4.78 is 5.62. The van der Waals surface area contributed by atoms with E-state index in [4.69, 9.17) is 4.74 Å². The monoisotopic (exact) mass is 365 g/mol. The lowest BCUT2D eigenvalue weighted by atomic mass is 10.0. The number of aryl methyl sites for hydroxylation is 1. The van der Waals surface area contributed by atoms with Crippen LogP contribution >= 0.6 is 0 Å². The number of aromatic nitrogens is 1. The van der Waals surface area contributed by atoms with E-state index in [0.717, 1.165) is 36.5 Å². The number of carbonyl (C=O) groups is 2. The Morgan fingerprint density at radius 2 is 2.22 bits per heavy atom. The molecule has 4 rings (SSSR count). The number of likely N-dealkylation sites (tertiary alicyclic amines) is 1. The molecule has 27 heavy (non-hydrogen) atoms. The first-order valence-corrected chi connectivity index (χ1v) is 9.39. The van der Waals surface area contributed by atoms with E-state index in [1.54, 1.807) is 11.1 Å². The lowest BCUT2D eigenvalue weighted by molar-refractivity contribution is -0.129. The number of pyridine rings is 1. The fourth-order valence-corrected chi connectivity index (χ4v) is 3.65. The summed E-state index contributed by atoms with van der Waals surface area (Å²) in [4.78, 5) is 30.7. The van der Waals surface area contributed by atoms with E-state index in [0.29, 0.717) is 19.6 Å². The molecular formula is C21H23N3O3. The van der Waals surface area contributed by atoms with Gasteiger partial charge in [0.25, 0.3) is 0 Å². The first kappa shape index (κ1) is 17.5. The van der Waals surface area contributed by atoms with Crippen molar-refractivity contribution in [3.63, 3.8) is 0 Å². The Morgan fingerprint density at radius 3 is 3.07 bits per heavy atom. The highest BCUT2D eigenvalue weighted by molar-refractivity contribution is 5.89. The molecule has 2 aliphatic rings. The van der Waals surface area contributed by atoms with Crippen molar-refractivity contribution in [1.29, 1.82) is 0 Å². The van der Waals surface area contributed by atoms with Gasteiger partial charge < -0.3 is 15.0 Å². The molecule has 1 fully saturated rings. The Labute approximate surface area is 158 Å². The average Bonchev–Trinajstić information content (AvgIpc) is 3.07. The van der Waals surface area contributed by atoms with Gasteiger partial charge in [0.1, 0.15) is 5.75 Å². The van der Waals surface area contributed by atoms with Crippen LogP contribution in [-0.4, -0.2) is 34.8 Å². The normalized spacial score (nSPS) is 18.7. The fourth-order valence-electron chi connectivity index (χ4n) is 3.65. The largest absolute Gasteiger partial charge is 0.493 e. The molecule has 6 heteroatoms. The molecule has 0 unspecified atom stereocenters. The first-order valence-electron chi connectivity index (χ1n) is 9.39. The SMILES string of the molecule is O=C(NCc1ccc2c(c1)CCCO2)[C@@H]1CC(=O)N(Cc2ccccn2)C1. The van der Waals surface area contributed by atoms with Crippen molar-refractivity contribution in [2.75, 3.05) is 13.2 Å². The van der Waals surface area contributed by atoms with Crippen LogP contribution in [0, 0.1) is 5.92 Å². The second-order valence-corrected chi connectivity index (χ2v) is 7.11. The Hall–Kier alpha value is -2.89. The number of hydrogen-bond donors (Lipinski definition) is 1. The van der Waals surface area contributed by atoms with Gasteiger partial charge in [-0.2, -0.15) is 0 Å². The maximum atomic E-state index is 12.5. The Kier molecular flexibility index (Phi) is 5.05. The van der Waals surface area contributed by atoms with Crippen LogP contribution in [0.4, 0.5) is 0 Å². The van der Waals surface area contributed by atoms with Crippen LogP contribution in [0.2, 0.25) is 0 Å². The molecule has 6 nitrogen and oxygen atoms in total. The molecule has 0 radical (unpaired) electrons. The van der Waals surface area contributed by atoms with Gasteiger partial charge in [0, 0.05) is 25.7 Å². The number of rotatable bonds is 5. The zero-order valence-electron chi connectivity index (χ0n) is 15.2. The summed E-state index contributed by atoms with van der Waals surface area (Å²) in [6.07, 6.45) is 4.01. The van der Waals surface area contributed by atoms with Crippen LogP contribution in [0.5, 0.6) is 5.75 Å². The maximum Gasteiger partial charge on any atom is 0.225 e. The fraction of sp³-hybridized carbons (Fsp3) is 0.381. The van der Waals surface area contributed by atoms with Crippen LogP contribution < -0.4 is 10.1 Å². The molecule has 1 atom stereocenters. The van der Waals surface area contributed by atoms with Crippen LogP contribution in [-0.2, 0) is 29.1 Å². The topological polar surface area (TPSA) is 71.5 Å². The van der Waals surface area contributed by atoms with Crippen molar-refractivity contribution < 1.29 is 14.3 Å². The van der Waals surface area contributed by atoms with Gasteiger partial charge in [-0.3, -0.25) is 14.6 Å². The third-order valence-corrected chi connectivity index (χ3v) is 5.10. The molecular weight excluding hydrogens is 342 g/mol. The molecule has 0 aliphatic carbocycles. The number of nitrogens with one attached hydrogen (secondary N) is 1. The van der Waals surface area contributed by atoms with Crippen LogP contribution in [0.1, 0.15) is 29.7 Å². The summed E-state index contributed by atoms with van der Waals surface area (Å²) in [5.74, 6) is 0.581. The maximum absolute atomic E-state index is 12.5. The van der Waals surface area contributed by atoms with E-state index in [9.17, 15) is 9.59 Å². The lowest BCUT2D eigenvalue weighted by Crippen LogP contribution is -2.32. The predicted octanol–water partition coefficient (Wildman–Crippen LogP) is 2.07. The van der Waals surface area contributed by atoms with Crippen LogP contribution in [0.25, 0.3) is 0 Å². The minimum absolute atomic E-state index is 0.00623. The third kappa shape index (κ3) is 4.10. The first-order chi connectivity index (χ1) is 13.2. The van der Waals surface area contributed by atoms with Crippen molar-refractivity contribution in [2.45, 2.75) is 32.4 Å². The number of benzene rings is 1. The average molecular weight is 365 g/mol. The van der Waals surface area contributed by atoms with E-state index < -0.39 is 0 Å². The van der Waals surface area contributed by atoms with Crippen molar-refractivity contribution in [3.05, 3.63) is 59.4 Å².